The molecular weight excluding hydrogens is 961 g/mol. The fraction of sp³-hybridized carbons (Fsp3) is 0.787. The quantitative estimate of drug-likeness (QED) is 0.0171. The maximum atomic E-state index is 13.0. The number of carbonyl (C=O) groups excluding carboxylic acids is 2. The lowest BCUT2D eigenvalue weighted by atomic mass is 9.85. The van der Waals surface area contributed by atoms with Crippen LogP contribution in [0.2, 0.25) is 0 Å². The topological polar surface area (TPSA) is 311 Å². The summed E-state index contributed by atoms with van der Waals surface area (Å²) in [6, 6.07) is 0. The molecule has 0 aromatic rings. The smallest absolute Gasteiger partial charge is 0.306 e. The Balaban J connectivity index is 2.75. The SMILES string of the molecule is CCCCC/C=C\C/C=C\C/C=C\C/C=C\CCCC(=O)OC(COC(=O)CCCCCCCCCCCCCCCCC)COP(=O)([O-])OC1[C@H](O)[C@H](O)[C@@H](OP(=O)([O-])O)[C@H](OP(=O)([O-])O)[C@H]1O. The Morgan fingerprint density at radius 2 is 0.884 bits per heavy atom. The van der Waals surface area contributed by atoms with Gasteiger partial charge in [-0.3, -0.25) is 23.3 Å². The second-order valence-corrected chi connectivity index (χ2v) is 21.0. The van der Waals surface area contributed by atoms with E-state index in [4.69, 9.17) is 23.4 Å². The van der Waals surface area contributed by atoms with Crippen molar-refractivity contribution in [3.8, 4) is 0 Å². The van der Waals surface area contributed by atoms with Gasteiger partial charge in [-0.25, -0.2) is 0 Å². The third-order valence-corrected chi connectivity index (χ3v) is 13.1. The van der Waals surface area contributed by atoms with Crippen molar-refractivity contribution in [1.29, 1.82) is 0 Å². The van der Waals surface area contributed by atoms with Crippen LogP contribution in [0.15, 0.2) is 48.6 Å². The largest absolute Gasteiger partial charge is 0.756 e. The molecule has 1 saturated carbocycles. The normalized spacial score (nSPS) is 23.1. The molecular formula is C47H82O19P3-3. The zero-order valence-electron chi connectivity index (χ0n) is 40.8. The van der Waals surface area contributed by atoms with Crippen LogP contribution in [-0.2, 0) is 50.9 Å². The van der Waals surface area contributed by atoms with E-state index < -0.39 is 91.3 Å². The van der Waals surface area contributed by atoms with Crippen LogP contribution in [0, 0.1) is 0 Å². The van der Waals surface area contributed by atoms with Crippen LogP contribution in [0.5, 0.6) is 0 Å². The first-order valence-corrected chi connectivity index (χ1v) is 29.3. The minimum Gasteiger partial charge on any atom is -0.756 e. The van der Waals surface area contributed by atoms with E-state index in [0.29, 0.717) is 25.7 Å². The fourth-order valence-electron chi connectivity index (χ4n) is 7.38. The highest BCUT2D eigenvalue weighted by molar-refractivity contribution is 7.46. The molecule has 10 atom stereocenters. The molecule has 69 heavy (non-hydrogen) atoms. The Labute approximate surface area is 410 Å². The molecule has 22 heteroatoms. The highest BCUT2D eigenvalue weighted by Gasteiger charge is 2.54. The van der Waals surface area contributed by atoms with Crippen LogP contribution in [0.3, 0.4) is 0 Å². The van der Waals surface area contributed by atoms with Crippen LogP contribution in [-0.4, -0.2) is 93.0 Å². The summed E-state index contributed by atoms with van der Waals surface area (Å²) >= 11 is 0. The van der Waals surface area contributed by atoms with Gasteiger partial charge >= 0.3 is 11.9 Å². The van der Waals surface area contributed by atoms with Crippen molar-refractivity contribution < 1.29 is 90.6 Å². The highest BCUT2D eigenvalue weighted by atomic mass is 31.2. The average Bonchev–Trinajstić information content (AvgIpc) is 3.28. The van der Waals surface area contributed by atoms with Crippen LogP contribution >= 0.6 is 23.5 Å². The number of aliphatic hydroxyl groups excluding tert-OH is 3. The zero-order chi connectivity index (χ0) is 51.4. The van der Waals surface area contributed by atoms with Crippen molar-refractivity contribution in [2.75, 3.05) is 13.2 Å². The molecule has 0 aromatic carbocycles. The van der Waals surface area contributed by atoms with Crippen molar-refractivity contribution in [1.82, 2.24) is 0 Å². The van der Waals surface area contributed by atoms with Gasteiger partial charge in [-0.1, -0.05) is 165 Å². The summed E-state index contributed by atoms with van der Waals surface area (Å²) in [7, 11) is -17.5. The number of phosphoric acid groups is 3. The van der Waals surface area contributed by atoms with Gasteiger partial charge in [0.15, 0.2) is 6.10 Å². The highest BCUT2D eigenvalue weighted by Crippen LogP contribution is 2.48. The van der Waals surface area contributed by atoms with Gasteiger partial charge in [0.1, 0.15) is 43.2 Å². The van der Waals surface area contributed by atoms with E-state index in [0.717, 1.165) is 44.9 Å². The van der Waals surface area contributed by atoms with E-state index in [2.05, 4.69) is 53.3 Å². The molecule has 0 saturated heterocycles. The molecule has 0 radical (unpaired) electrons. The maximum Gasteiger partial charge on any atom is 0.306 e. The van der Waals surface area contributed by atoms with Gasteiger partial charge in [-0.2, -0.15) is 0 Å². The first kappa shape index (κ1) is 65.1. The number of hydrogen-bond acceptors (Lipinski definition) is 17. The number of rotatable bonds is 42. The lowest BCUT2D eigenvalue weighted by Gasteiger charge is -2.47. The third-order valence-electron chi connectivity index (χ3n) is 11.1. The predicted octanol–water partition coefficient (Wildman–Crippen LogP) is 7.51. The maximum absolute atomic E-state index is 13.0. The lowest BCUT2D eigenvalue weighted by molar-refractivity contribution is -0.280. The molecule has 1 aliphatic rings. The second-order valence-electron chi connectivity index (χ2n) is 17.3. The number of carbonyl (C=O) groups is 2. The molecule has 0 bridgehead atoms. The number of esters is 2. The molecule has 5 N–H and O–H groups in total. The second kappa shape index (κ2) is 38.7. The first-order chi connectivity index (χ1) is 32.8. The summed E-state index contributed by atoms with van der Waals surface area (Å²) < 4.78 is 64.4. The standard InChI is InChI=1S/C47H85O19P3/c1-3-5-7-9-11-13-15-17-19-20-22-24-26-28-30-32-34-36-41(49)63-39(37-61-40(48)35-33-31-29-27-25-23-21-18-16-14-12-10-8-6-4-2)38-62-69(59,60)66-45-42(50)43(51)46(64-67(53,54)55)47(44(45)52)65-68(56,57)58/h11,13,17,19,22,24,28,30,39,42-47,50-52H,3-10,12,14-16,18,20-21,23,25-27,29,31-38H2,1-2H3,(H,59,60)(H2,53,54,55)(H2,56,57,58)/p-3/b13-11-,19-17-,24-22-,30-28-/t39?,42-,43+,44+,45?,46-,47-/m1/s1. The van der Waals surface area contributed by atoms with Crippen LogP contribution in [0.1, 0.15) is 181 Å². The molecule has 1 aliphatic carbocycles. The van der Waals surface area contributed by atoms with E-state index >= 15 is 0 Å². The zero-order valence-corrected chi connectivity index (χ0v) is 43.4. The fourth-order valence-corrected chi connectivity index (χ4v) is 9.44. The average molecular weight is 1040 g/mol. The summed E-state index contributed by atoms with van der Waals surface area (Å²) in [5, 5.41) is 31.7. The van der Waals surface area contributed by atoms with Crippen LogP contribution in [0.4, 0.5) is 0 Å². The predicted molar refractivity (Wildman–Crippen MR) is 255 cm³/mol. The molecule has 0 heterocycles. The summed E-state index contributed by atoms with van der Waals surface area (Å²) in [6.45, 7) is 2.76. The Kier molecular flexibility index (Phi) is 36.5. The van der Waals surface area contributed by atoms with E-state index in [1.54, 1.807) is 0 Å². The van der Waals surface area contributed by atoms with Crippen molar-refractivity contribution >= 4 is 35.4 Å². The number of hydrogen-bond donors (Lipinski definition) is 5. The Hall–Kier alpha value is -1.89. The van der Waals surface area contributed by atoms with Crippen molar-refractivity contribution in [2.45, 2.75) is 224 Å². The Morgan fingerprint density at radius 1 is 0.493 bits per heavy atom. The van der Waals surface area contributed by atoms with Gasteiger partial charge in [0, 0.05) is 12.8 Å². The van der Waals surface area contributed by atoms with Crippen LogP contribution in [0.25, 0.3) is 0 Å². The molecule has 1 fully saturated rings. The summed E-state index contributed by atoms with van der Waals surface area (Å²) in [5.74, 6) is -1.42. The third kappa shape index (κ3) is 35.0. The van der Waals surface area contributed by atoms with E-state index in [-0.39, 0.29) is 12.8 Å². The molecule has 0 spiro atoms. The monoisotopic (exact) mass is 1040 g/mol. The Morgan fingerprint density at radius 3 is 1.36 bits per heavy atom. The first-order valence-electron chi connectivity index (χ1n) is 24.9. The van der Waals surface area contributed by atoms with Crippen molar-refractivity contribution in [3.05, 3.63) is 48.6 Å². The molecule has 5 unspecified atom stereocenters. The van der Waals surface area contributed by atoms with Crippen molar-refractivity contribution in [2.24, 2.45) is 0 Å². The number of aliphatic hydroxyl groups is 3. The van der Waals surface area contributed by atoms with Gasteiger partial charge in [0.2, 0.25) is 0 Å². The minimum absolute atomic E-state index is 0.0496. The van der Waals surface area contributed by atoms with E-state index in [1.165, 1.54) is 83.5 Å². The molecule has 0 aromatic heterocycles. The molecule has 0 amide bonds. The summed E-state index contributed by atoms with van der Waals surface area (Å²) in [5.41, 5.74) is 0. The number of unbranched alkanes of at least 4 members (excludes halogenated alkanes) is 18. The molecule has 1 rings (SSSR count). The molecule has 0 aliphatic heterocycles. The number of phosphoric ester groups is 3. The lowest BCUT2D eigenvalue weighted by Crippen LogP contribution is -2.65. The van der Waals surface area contributed by atoms with E-state index in [1.807, 2.05) is 18.2 Å². The minimum atomic E-state index is -5.89. The van der Waals surface area contributed by atoms with Gasteiger partial charge in [0.05, 0.1) is 6.61 Å². The number of ether oxygens (including phenoxy) is 2. The summed E-state index contributed by atoms with van der Waals surface area (Å²) in [6.07, 6.45) is 24.5. The Bertz CT molecular complexity index is 1630. The van der Waals surface area contributed by atoms with Gasteiger partial charge in [0.25, 0.3) is 23.5 Å². The van der Waals surface area contributed by atoms with Gasteiger partial charge < -0.3 is 67.4 Å². The molecule has 402 valence electrons. The van der Waals surface area contributed by atoms with Crippen LogP contribution < -0.4 is 14.7 Å². The molecule has 19 nitrogen and oxygen atoms in total. The van der Waals surface area contributed by atoms with E-state index in [9.17, 15) is 58.2 Å². The van der Waals surface area contributed by atoms with Gasteiger partial charge in [-0.15, -0.1) is 0 Å². The number of allylic oxidation sites excluding steroid dienone is 8. The summed E-state index contributed by atoms with van der Waals surface area (Å²) in [4.78, 5) is 79.6. The van der Waals surface area contributed by atoms with Gasteiger partial charge in [-0.05, 0) is 51.4 Å². The van der Waals surface area contributed by atoms with Crippen molar-refractivity contribution in [3.63, 3.8) is 0 Å².